The molecule has 0 saturated heterocycles. The van der Waals surface area contributed by atoms with Crippen LogP contribution in [0.2, 0.25) is 0 Å². The highest BCUT2D eigenvalue weighted by atomic mass is 16.5. The summed E-state index contributed by atoms with van der Waals surface area (Å²) in [5.74, 6) is -0.422. The first kappa shape index (κ1) is 17.5. The first-order valence-corrected chi connectivity index (χ1v) is 7.56. The molecular weight excluding hydrogens is 306 g/mol. The molecule has 5 nitrogen and oxygen atoms in total. The van der Waals surface area contributed by atoms with Crippen LogP contribution in [0.4, 0.5) is 5.69 Å². The lowest BCUT2D eigenvalue weighted by Crippen LogP contribution is -2.26. The molecule has 1 atom stereocenters. The molecule has 1 unspecified atom stereocenters. The van der Waals surface area contributed by atoms with Gasteiger partial charge in [-0.25, -0.2) is 0 Å². The van der Waals surface area contributed by atoms with Crippen molar-refractivity contribution in [2.75, 3.05) is 19.5 Å². The summed E-state index contributed by atoms with van der Waals surface area (Å²) in [6.07, 6.45) is 0. The minimum Gasteiger partial charge on any atom is -0.497 e. The Bertz CT molecular complexity index is 738. The van der Waals surface area contributed by atoms with Crippen LogP contribution in [0.25, 0.3) is 0 Å². The fourth-order valence-corrected chi connectivity index (χ4v) is 2.45. The number of Topliss-reactive ketones (excluding diaryl/α,β-unsaturated/α-hetero) is 1. The lowest BCUT2D eigenvalue weighted by Gasteiger charge is -2.17. The predicted molar refractivity (Wildman–Crippen MR) is 92.8 cm³/mol. The third-order valence-electron chi connectivity index (χ3n) is 3.74. The second-order valence-electron chi connectivity index (χ2n) is 5.51. The molecule has 0 radical (unpaired) electrons. The maximum atomic E-state index is 12.7. The van der Waals surface area contributed by atoms with Crippen molar-refractivity contribution >= 4 is 17.4 Å². The maximum absolute atomic E-state index is 12.7. The van der Waals surface area contributed by atoms with E-state index >= 15 is 0 Å². The van der Waals surface area contributed by atoms with E-state index in [0.29, 0.717) is 22.7 Å². The summed E-state index contributed by atoms with van der Waals surface area (Å²) >= 11 is 0. The molecule has 126 valence electrons. The molecule has 24 heavy (non-hydrogen) atoms. The van der Waals surface area contributed by atoms with E-state index < -0.39 is 11.8 Å². The Morgan fingerprint density at radius 1 is 1.00 bits per heavy atom. The van der Waals surface area contributed by atoms with Crippen molar-refractivity contribution in [3.8, 4) is 11.5 Å². The average Bonchev–Trinajstić information content (AvgIpc) is 2.56. The van der Waals surface area contributed by atoms with Gasteiger partial charge >= 0.3 is 0 Å². The van der Waals surface area contributed by atoms with Crippen LogP contribution in [-0.4, -0.2) is 25.9 Å². The molecule has 2 rings (SSSR count). The molecule has 5 heteroatoms. The van der Waals surface area contributed by atoms with Gasteiger partial charge in [-0.3, -0.25) is 9.59 Å². The van der Waals surface area contributed by atoms with Gasteiger partial charge in [-0.2, -0.15) is 0 Å². The molecular formula is C19H21NO4. The number of benzene rings is 2. The topological polar surface area (TPSA) is 64.6 Å². The number of hydrogen-bond donors (Lipinski definition) is 1. The number of amides is 1. The summed E-state index contributed by atoms with van der Waals surface area (Å²) in [5.41, 5.74) is 2.18. The van der Waals surface area contributed by atoms with Crippen LogP contribution in [-0.2, 0) is 9.59 Å². The van der Waals surface area contributed by atoms with E-state index in [-0.39, 0.29) is 5.78 Å². The van der Waals surface area contributed by atoms with E-state index in [0.717, 1.165) is 5.56 Å². The third-order valence-corrected chi connectivity index (χ3v) is 3.74. The fourth-order valence-electron chi connectivity index (χ4n) is 2.45. The van der Waals surface area contributed by atoms with E-state index in [4.69, 9.17) is 9.47 Å². The van der Waals surface area contributed by atoms with Gasteiger partial charge in [-0.1, -0.05) is 29.8 Å². The Kier molecular flexibility index (Phi) is 5.58. The van der Waals surface area contributed by atoms with Crippen LogP contribution in [0.3, 0.4) is 0 Å². The maximum Gasteiger partial charge on any atom is 0.239 e. The van der Waals surface area contributed by atoms with Crippen LogP contribution in [0.15, 0.2) is 42.5 Å². The number of nitrogens with one attached hydrogen (secondary N) is 1. The largest absolute Gasteiger partial charge is 0.497 e. The van der Waals surface area contributed by atoms with Gasteiger partial charge in [0.15, 0.2) is 0 Å². The minimum atomic E-state index is -0.874. The van der Waals surface area contributed by atoms with Crippen molar-refractivity contribution in [2.45, 2.75) is 19.8 Å². The Morgan fingerprint density at radius 2 is 1.67 bits per heavy atom. The van der Waals surface area contributed by atoms with Crippen molar-refractivity contribution in [2.24, 2.45) is 0 Å². The predicted octanol–water partition coefficient (Wildman–Crippen LogP) is 3.32. The molecule has 1 N–H and O–H groups in total. The Balaban J connectivity index is 2.32. The van der Waals surface area contributed by atoms with Crippen molar-refractivity contribution in [3.63, 3.8) is 0 Å². The Morgan fingerprint density at radius 3 is 2.21 bits per heavy atom. The van der Waals surface area contributed by atoms with Gasteiger partial charge in [-0.05, 0) is 31.5 Å². The Labute approximate surface area is 141 Å². The molecule has 0 heterocycles. The van der Waals surface area contributed by atoms with Gasteiger partial charge < -0.3 is 14.8 Å². The number of ether oxygens (including phenoxy) is 2. The lowest BCUT2D eigenvalue weighted by molar-refractivity contribution is -0.126. The highest BCUT2D eigenvalue weighted by molar-refractivity contribution is 6.11. The molecule has 0 saturated carbocycles. The summed E-state index contributed by atoms with van der Waals surface area (Å²) in [6.45, 7) is 3.36. The second kappa shape index (κ2) is 7.64. The minimum absolute atomic E-state index is 0.224. The number of anilines is 1. The first-order valence-electron chi connectivity index (χ1n) is 7.56. The quantitative estimate of drug-likeness (QED) is 0.827. The van der Waals surface area contributed by atoms with Crippen LogP contribution in [0.1, 0.15) is 24.0 Å². The van der Waals surface area contributed by atoms with Crippen molar-refractivity contribution in [3.05, 3.63) is 53.6 Å². The molecule has 0 aromatic heterocycles. The molecule has 0 aliphatic heterocycles. The van der Waals surface area contributed by atoms with Gasteiger partial charge in [0.1, 0.15) is 23.2 Å². The zero-order valence-corrected chi connectivity index (χ0v) is 14.3. The standard InChI is InChI=1S/C19H21NO4/c1-12-5-7-14(8-6-12)18(13(2)21)19(22)20-16-11-15(23-3)9-10-17(16)24-4/h5-11,18H,1-4H3,(H,20,22). The summed E-state index contributed by atoms with van der Waals surface area (Å²) in [6, 6.07) is 12.4. The number of hydrogen-bond acceptors (Lipinski definition) is 4. The molecule has 0 bridgehead atoms. The van der Waals surface area contributed by atoms with Crippen LogP contribution in [0, 0.1) is 6.92 Å². The SMILES string of the molecule is COc1ccc(OC)c(NC(=O)C(C(C)=O)c2ccc(C)cc2)c1. The number of aryl methyl sites for hydroxylation is 1. The highest BCUT2D eigenvalue weighted by Crippen LogP contribution is 2.30. The van der Waals surface area contributed by atoms with E-state index in [1.165, 1.54) is 21.1 Å². The molecule has 0 aliphatic rings. The van der Waals surface area contributed by atoms with E-state index in [9.17, 15) is 9.59 Å². The third kappa shape index (κ3) is 3.93. The molecule has 0 aliphatic carbocycles. The lowest BCUT2D eigenvalue weighted by atomic mass is 9.93. The van der Waals surface area contributed by atoms with E-state index in [1.807, 2.05) is 19.1 Å². The van der Waals surface area contributed by atoms with Crippen molar-refractivity contribution in [1.82, 2.24) is 0 Å². The first-order chi connectivity index (χ1) is 11.5. The fraction of sp³-hybridized carbons (Fsp3) is 0.263. The smallest absolute Gasteiger partial charge is 0.239 e. The molecule has 2 aromatic rings. The van der Waals surface area contributed by atoms with E-state index in [2.05, 4.69) is 5.32 Å². The van der Waals surface area contributed by atoms with Gasteiger partial charge in [0, 0.05) is 6.07 Å². The number of carbonyl (C=O) groups is 2. The molecule has 0 spiro atoms. The normalized spacial score (nSPS) is 11.5. The van der Waals surface area contributed by atoms with Crippen LogP contribution in [0.5, 0.6) is 11.5 Å². The number of carbonyl (C=O) groups excluding carboxylic acids is 2. The average molecular weight is 327 g/mol. The molecule has 0 fully saturated rings. The molecule has 1 amide bonds. The van der Waals surface area contributed by atoms with Gasteiger partial charge in [0.2, 0.25) is 5.91 Å². The van der Waals surface area contributed by atoms with Crippen molar-refractivity contribution < 1.29 is 19.1 Å². The summed E-state index contributed by atoms with van der Waals surface area (Å²) in [4.78, 5) is 24.7. The zero-order chi connectivity index (χ0) is 17.7. The van der Waals surface area contributed by atoms with Gasteiger partial charge in [-0.15, -0.1) is 0 Å². The summed E-state index contributed by atoms with van der Waals surface area (Å²) in [5, 5.41) is 2.77. The van der Waals surface area contributed by atoms with Crippen molar-refractivity contribution in [1.29, 1.82) is 0 Å². The number of ketones is 1. The van der Waals surface area contributed by atoms with Crippen LogP contribution >= 0.6 is 0 Å². The number of rotatable bonds is 6. The number of methoxy groups -OCH3 is 2. The van der Waals surface area contributed by atoms with Gasteiger partial charge in [0.05, 0.1) is 19.9 Å². The summed E-state index contributed by atoms with van der Waals surface area (Å²) in [7, 11) is 3.05. The Hall–Kier alpha value is -2.82. The summed E-state index contributed by atoms with van der Waals surface area (Å²) < 4.78 is 10.4. The highest BCUT2D eigenvalue weighted by Gasteiger charge is 2.26. The molecule has 2 aromatic carbocycles. The monoisotopic (exact) mass is 327 g/mol. The van der Waals surface area contributed by atoms with Gasteiger partial charge in [0.25, 0.3) is 0 Å². The van der Waals surface area contributed by atoms with Crippen LogP contribution < -0.4 is 14.8 Å². The zero-order valence-electron chi connectivity index (χ0n) is 14.3. The van der Waals surface area contributed by atoms with E-state index in [1.54, 1.807) is 30.3 Å². The second-order valence-corrected chi connectivity index (χ2v) is 5.51.